The van der Waals surface area contributed by atoms with Gasteiger partial charge in [-0.05, 0) is 28.9 Å². The molecular formula is C18H22BrN3O4. The Morgan fingerprint density at radius 3 is 2.81 bits per heavy atom. The van der Waals surface area contributed by atoms with Crippen molar-refractivity contribution in [3.63, 3.8) is 0 Å². The first kappa shape index (κ1) is 18.8. The molecule has 2 unspecified atom stereocenters. The van der Waals surface area contributed by atoms with Crippen molar-refractivity contribution in [3.8, 4) is 0 Å². The standard InChI is InChI=1S/C18H22BrN3O4/c1-5-24-18-9(2)11(8-25-18)16-15(17(23)21-3)10-6-12(19)13(22(4)20)7-14(10)26-16/h6-9,18H,5,20H2,1-4H3,(H,21,23). The summed E-state index contributed by atoms with van der Waals surface area (Å²) in [5.41, 5.74) is 2.57. The summed E-state index contributed by atoms with van der Waals surface area (Å²) in [6.07, 6.45) is 1.22. The number of rotatable bonds is 5. The van der Waals surface area contributed by atoms with E-state index in [1.807, 2.05) is 19.9 Å². The Bertz CT molecular complexity index is 875. The van der Waals surface area contributed by atoms with Gasteiger partial charge in [0.1, 0.15) is 11.3 Å². The lowest BCUT2D eigenvalue weighted by atomic mass is 9.97. The van der Waals surface area contributed by atoms with Gasteiger partial charge >= 0.3 is 0 Å². The number of amides is 1. The van der Waals surface area contributed by atoms with Crippen molar-refractivity contribution in [1.29, 1.82) is 0 Å². The first-order chi connectivity index (χ1) is 12.4. The normalized spacial score (nSPS) is 19.4. The lowest BCUT2D eigenvalue weighted by Crippen LogP contribution is -2.25. The van der Waals surface area contributed by atoms with Crippen LogP contribution in [0.1, 0.15) is 30.0 Å². The van der Waals surface area contributed by atoms with Crippen LogP contribution in [0.15, 0.2) is 27.3 Å². The van der Waals surface area contributed by atoms with Crippen LogP contribution in [0.5, 0.6) is 0 Å². The predicted octanol–water partition coefficient (Wildman–Crippen LogP) is 3.23. The lowest BCUT2D eigenvalue weighted by molar-refractivity contribution is -0.107. The second kappa shape index (κ2) is 7.30. The van der Waals surface area contributed by atoms with Crippen LogP contribution in [0, 0.1) is 5.92 Å². The molecule has 7 nitrogen and oxygen atoms in total. The third-order valence-corrected chi connectivity index (χ3v) is 5.05. The maximum atomic E-state index is 12.6. The number of hydrogen-bond donors (Lipinski definition) is 2. The maximum absolute atomic E-state index is 12.6. The monoisotopic (exact) mass is 423 g/mol. The van der Waals surface area contributed by atoms with E-state index in [1.54, 1.807) is 26.4 Å². The van der Waals surface area contributed by atoms with Crippen molar-refractivity contribution in [2.75, 3.05) is 25.7 Å². The average molecular weight is 424 g/mol. The molecule has 0 saturated heterocycles. The number of benzene rings is 1. The van der Waals surface area contributed by atoms with Gasteiger partial charge in [0.15, 0.2) is 0 Å². The third-order valence-electron chi connectivity index (χ3n) is 4.41. The molecule has 0 fully saturated rings. The summed E-state index contributed by atoms with van der Waals surface area (Å²) >= 11 is 3.50. The number of carbonyl (C=O) groups excluding carboxylic acids is 1. The predicted molar refractivity (Wildman–Crippen MR) is 104 cm³/mol. The van der Waals surface area contributed by atoms with Gasteiger partial charge in [0, 0.05) is 42.2 Å². The molecule has 2 aromatic rings. The number of halogens is 1. The molecule has 0 bridgehead atoms. The highest BCUT2D eigenvalue weighted by atomic mass is 79.9. The van der Waals surface area contributed by atoms with Crippen LogP contribution in [0.25, 0.3) is 16.5 Å². The average Bonchev–Trinajstić information content (AvgIpc) is 3.14. The number of carbonyl (C=O) groups is 1. The fourth-order valence-electron chi connectivity index (χ4n) is 3.05. The van der Waals surface area contributed by atoms with Crippen molar-refractivity contribution >= 4 is 44.1 Å². The SMILES string of the molecule is CCOC1OC=C(c2oc3cc(N(C)N)c(Br)cc3c2C(=O)NC)C1C. The van der Waals surface area contributed by atoms with Gasteiger partial charge in [-0.2, -0.15) is 0 Å². The molecule has 0 aliphatic carbocycles. The number of nitrogens with two attached hydrogens (primary N) is 1. The second-order valence-electron chi connectivity index (χ2n) is 6.12. The highest BCUT2D eigenvalue weighted by Crippen LogP contribution is 2.41. The fraction of sp³-hybridized carbons (Fsp3) is 0.389. The van der Waals surface area contributed by atoms with Gasteiger partial charge in [0.2, 0.25) is 6.29 Å². The summed E-state index contributed by atoms with van der Waals surface area (Å²) in [6.45, 7) is 4.43. The number of nitrogens with zero attached hydrogens (tertiary/aromatic N) is 1. The van der Waals surface area contributed by atoms with Crippen molar-refractivity contribution in [2.45, 2.75) is 20.1 Å². The van der Waals surface area contributed by atoms with E-state index in [0.717, 1.165) is 15.7 Å². The number of anilines is 1. The van der Waals surface area contributed by atoms with E-state index in [0.29, 0.717) is 28.9 Å². The Kier molecular flexibility index (Phi) is 5.27. The molecule has 3 rings (SSSR count). The van der Waals surface area contributed by atoms with Gasteiger partial charge in [-0.1, -0.05) is 6.92 Å². The van der Waals surface area contributed by atoms with Crippen LogP contribution >= 0.6 is 15.9 Å². The molecular weight excluding hydrogens is 402 g/mol. The van der Waals surface area contributed by atoms with Crippen LogP contribution in [0.4, 0.5) is 5.69 Å². The number of ether oxygens (including phenoxy) is 2. The molecule has 8 heteroatoms. The van der Waals surface area contributed by atoms with Crippen molar-refractivity contribution in [2.24, 2.45) is 11.8 Å². The van der Waals surface area contributed by atoms with Gasteiger partial charge < -0.3 is 24.2 Å². The van der Waals surface area contributed by atoms with Gasteiger partial charge in [-0.3, -0.25) is 4.79 Å². The van der Waals surface area contributed by atoms with E-state index < -0.39 is 6.29 Å². The van der Waals surface area contributed by atoms with Gasteiger partial charge in [-0.25, -0.2) is 5.84 Å². The van der Waals surface area contributed by atoms with E-state index >= 15 is 0 Å². The summed E-state index contributed by atoms with van der Waals surface area (Å²) in [6, 6.07) is 3.64. The minimum Gasteiger partial charge on any atom is -0.471 e. The highest BCUT2D eigenvalue weighted by Gasteiger charge is 2.35. The number of hydrazine groups is 1. The molecule has 140 valence electrons. The van der Waals surface area contributed by atoms with Crippen molar-refractivity contribution < 1.29 is 18.7 Å². The summed E-state index contributed by atoms with van der Waals surface area (Å²) in [5, 5.41) is 4.86. The fourth-order valence-corrected chi connectivity index (χ4v) is 3.67. The summed E-state index contributed by atoms with van der Waals surface area (Å²) in [5.74, 6) is 6.05. The van der Waals surface area contributed by atoms with Crippen molar-refractivity contribution in [1.82, 2.24) is 5.32 Å². The minimum atomic E-state index is -0.391. The van der Waals surface area contributed by atoms with E-state index in [1.165, 1.54) is 5.01 Å². The maximum Gasteiger partial charge on any atom is 0.255 e. The first-order valence-electron chi connectivity index (χ1n) is 8.33. The van der Waals surface area contributed by atoms with Gasteiger partial charge in [-0.15, -0.1) is 0 Å². The van der Waals surface area contributed by atoms with Crippen LogP contribution in [0.3, 0.4) is 0 Å². The molecule has 1 aliphatic heterocycles. The molecule has 1 aliphatic rings. The molecule has 0 spiro atoms. The molecule has 1 aromatic carbocycles. The summed E-state index contributed by atoms with van der Waals surface area (Å²) in [7, 11) is 3.32. The van der Waals surface area contributed by atoms with Crippen molar-refractivity contribution in [3.05, 3.63) is 34.2 Å². The van der Waals surface area contributed by atoms with Gasteiger partial charge in [0.25, 0.3) is 5.91 Å². The van der Waals surface area contributed by atoms with E-state index in [4.69, 9.17) is 19.7 Å². The molecule has 0 saturated carbocycles. The number of furan rings is 1. The quantitative estimate of drug-likeness (QED) is 0.566. The topological polar surface area (TPSA) is 90.0 Å². The van der Waals surface area contributed by atoms with Crippen LogP contribution in [-0.2, 0) is 9.47 Å². The van der Waals surface area contributed by atoms with Crippen LogP contribution < -0.4 is 16.2 Å². The minimum absolute atomic E-state index is 0.0704. The third kappa shape index (κ3) is 3.08. The second-order valence-corrected chi connectivity index (χ2v) is 6.97. The Hall–Kier alpha value is -2.03. The zero-order valence-electron chi connectivity index (χ0n) is 15.1. The lowest BCUT2D eigenvalue weighted by Gasteiger charge is -2.16. The summed E-state index contributed by atoms with van der Waals surface area (Å²) in [4.78, 5) is 12.6. The number of hydrogen-bond acceptors (Lipinski definition) is 6. The van der Waals surface area contributed by atoms with E-state index in [9.17, 15) is 4.79 Å². The summed E-state index contributed by atoms with van der Waals surface area (Å²) < 4.78 is 18.0. The Morgan fingerprint density at radius 2 is 2.19 bits per heavy atom. The Balaban J connectivity index is 2.17. The Labute approximate surface area is 160 Å². The molecule has 1 aromatic heterocycles. The molecule has 2 heterocycles. The Morgan fingerprint density at radius 1 is 1.46 bits per heavy atom. The molecule has 2 atom stereocenters. The van der Waals surface area contributed by atoms with E-state index in [2.05, 4.69) is 21.2 Å². The first-order valence-corrected chi connectivity index (χ1v) is 9.12. The molecule has 3 N–H and O–H groups in total. The number of fused-ring (bicyclic) bond motifs is 1. The van der Waals surface area contributed by atoms with Gasteiger partial charge in [0.05, 0.1) is 23.4 Å². The van der Waals surface area contributed by atoms with E-state index in [-0.39, 0.29) is 11.8 Å². The molecule has 26 heavy (non-hydrogen) atoms. The van der Waals surface area contributed by atoms with Crippen LogP contribution in [-0.4, -0.2) is 32.9 Å². The molecule has 0 radical (unpaired) electrons. The highest BCUT2D eigenvalue weighted by molar-refractivity contribution is 9.10. The number of nitrogens with one attached hydrogen (secondary N) is 1. The zero-order valence-corrected chi connectivity index (χ0v) is 16.7. The smallest absolute Gasteiger partial charge is 0.255 e. The molecule has 1 amide bonds. The van der Waals surface area contributed by atoms with Crippen LogP contribution in [0.2, 0.25) is 0 Å². The zero-order chi connectivity index (χ0) is 19.0. The largest absolute Gasteiger partial charge is 0.471 e.